The fourth-order valence-corrected chi connectivity index (χ4v) is 8.69. The Morgan fingerprint density at radius 2 is 1.46 bits per heavy atom. The summed E-state index contributed by atoms with van der Waals surface area (Å²) in [6, 6.07) is 17.9. The van der Waals surface area contributed by atoms with Crippen LogP contribution in [-0.2, 0) is 12.8 Å². The van der Waals surface area contributed by atoms with E-state index in [2.05, 4.69) is 115 Å². The number of rotatable bonds is 2. The lowest BCUT2D eigenvalue weighted by molar-refractivity contribution is 0.507. The Hall–Kier alpha value is -3.42. The third kappa shape index (κ3) is 3.41. The lowest BCUT2D eigenvalue weighted by atomic mass is 9.74. The van der Waals surface area contributed by atoms with Gasteiger partial charge in [-0.1, -0.05) is 97.1 Å². The highest BCUT2D eigenvalue weighted by Crippen LogP contribution is 2.48. The molecule has 4 aliphatic carbocycles. The summed E-state index contributed by atoms with van der Waals surface area (Å²) in [7, 11) is 0. The van der Waals surface area contributed by atoms with Crippen LogP contribution in [-0.4, -0.2) is 0 Å². The Morgan fingerprint density at radius 3 is 2.35 bits per heavy atom. The summed E-state index contributed by atoms with van der Waals surface area (Å²) in [5, 5.41) is 5.55. The number of thiophene rings is 1. The maximum atomic E-state index is 2.64. The average molecular weight is 495 g/mol. The molecule has 0 bridgehead atoms. The van der Waals surface area contributed by atoms with Gasteiger partial charge in [0.25, 0.3) is 0 Å². The van der Waals surface area contributed by atoms with Gasteiger partial charge in [0.2, 0.25) is 0 Å². The zero-order chi connectivity index (χ0) is 24.3. The molecule has 0 N–H and O–H groups in total. The summed E-state index contributed by atoms with van der Waals surface area (Å²) in [5.74, 6) is 1.62. The van der Waals surface area contributed by atoms with Crippen molar-refractivity contribution >= 4 is 51.1 Å². The molecule has 0 aliphatic heterocycles. The fraction of sp³-hybridized carbons (Fsp3) is 0.222. The highest BCUT2D eigenvalue weighted by atomic mass is 32.1. The monoisotopic (exact) mass is 494 g/mol. The molecule has 3 atom stereocenters. The third-order valence-electron chi connectivity index (χ3n) is 9.02. The first-order chi connectivity index (χ1) is 18.3. The van der Waals surface area contributed by atoms with Gasteiger partial charge in [-0.3, -0.25) is 0 Å². The fourth-order valence-electron chi connectivity index (χ4n) is 7.23. The number of hydrogen-bond acceptors (Lipinski definition) is 1. The van der Waals surface area contributed by atoms with Crippen LogP contribution in [0.5, 0.6) is 0 Å². The van der Waals surface area contributed by atoms with Gasteiger partial charge in [-0.2, -0.15) is 0 Å². The van der Waals surface area contributed by atoms with Crippen molar-refractivity contribution < 1.29 is 0 Å². The first kappa shape index (κ1) is 21.6. The molecule has 3 unspecified atom stereocenters. The Kier molecular flexibility index (Phi) is 5.01. The second kappa shape index (κ2) is 8.57. The standard InChI is InChI=1S/C36H30S/c1-2-13-29-27(11-1)28-12-3-4-14-30(28)34-22-24(19-20-31(29)34)23-9-7-10-25(21-23)26-16-8-17-33-32-15-5-6-18-35(32)37-36(26)33/h1-4,6-9,11-14,17-21,24-26H,5,10,15-16,22H2. The maximum Gasteiger partial charge on any atom is 0.0308 e. The van der Waals surface area contributed by atoms with E-state index in [-0.39, 0.29) is 0 Å². The van der Waals surface area contributed by atoms with E-state index in [0.29, 0.717) is 17.8 Å². The van der Waals surface area contributed by atoms with Crippen molar-refractivity contribution in [3.8, 4) is 0 Å². The summed E-state index contributed by atoms with van der Waals surface area (Å²) >= 11 is 2.06. The predicted molar refractivity (Wildman–Crippen MR) is 161 cm³/mol. The molecule has 1 aromatic heterocycles. The molecule has 0 spiro atoms. The normalized spacial score (nSPS) is 23.7. The Morgan fingerprint density at radius 1 is 0.676 bits per heavy atom. The molecular formula is C36H30S. The summed E-state index contributed by atoms with van der Waals surface area (Å²) in [5.41, 5.74) is 7.59. The minimum absolute atomic E-state index is 0.439. The lowest BCUT2D eigenvalue weighted by Crippen LogP contribution is -2.17. The second-order valence-electron chi connectivity index (χ2n) is 11.0. The van der Waals surface area contributed by atoms with Crippen LogP contribution in [0.4, 0.5) is 0 Å². The van der Waals surface area contributed by atoms with Gasteiger partial charge in [0.05, 0.1) is 0 Å². The minimum Gasteiger partial charge on any atom is -0.140 e. The molecule has 4 aromatic rings. The van der Waals surface area contributed by atoms with E-state index in [4.69, 9.17) is 0 Å². The number of fused-ring (bicyclic) bond motifs is 9. The molecule has 0 amide bonds. The number of benzene rings is 3. The van der Waals surface area contributed by atoms with Crippen LogP contribution in [0.25, 0.3) is 39.8 Å². The van der Waals surface area contributed by atoms with Crippen molar-refractivity contribution in [2.45, 2.75) is 38.0 Å². The molecule has 3 aromatic carbocycles. The van der Waals surface area contributed by atoms with Gasteiger partial charge in [0.1, 0.15) is 0 Å². The first-order valence-electron chi connectivity index (χ1n) is 13.8. The summed E-state index contributed by atoms with van der Waals surface area (Å²) in [6.07, 6.45) is 27.8. The lowest BCUT2D eigenvalue weighted by Gasteiger charge is -2.30. The zero-order valence-electron chi connectivity index (χ0n) is 21.0. The molecule has 0 fully saturated rings. The van der Waals surface area contributed by atoms with Crippen molar-refractivity contribution in [1.29, 1.82) is 0 Å². The van der Waals surface area contributed by atoms with Gasteiger partial charge in [-0.15, -0.1) is 11.3 Å². The van der Waals surface area contributed by atoms with Crippen molar-refractivity contribution in [2.75, 3.05) is 0 Å². The topological polar surface area (TPSA) is 0 Å². The Labute approximate surface area is 223 Å². The van der Waals surface area contributed by atoms with E-state index in [1.807, 2.05) is 0 Å². The van der Waals surface area contributed by atoms with Crippen LogP contribution in [0.3, 0.4) is 0 Å². The van der Waals surface area contributed by atoms with E-state index in [0.717, 1.165) is 12.8 Å². The zero-order valence-corrected chi connectivity index (χ0v) is 21.8. The van der Waals surface area contributed by atoms with Crippen LogP contribution in [0.2, 0.25) is 0 Å². The van der Waals surface area contributed by atoms with Crippen LogP contribution in [0.1, 0.15) is 57.2 Å². The van der Waals surface area contributed by atoms with Crippen molar-refractivity contribution in [1.82, 2.24) is 0 Å². The molecule has 1 heteroatoms. The first-order valence-corrected chi connectivity index (χ1v) is 14.6. The maximum absolute atomic E-state index is 2.64. The summed E-state index contributed by atoms with van der Waals surface area (Å²) in [4.78, 5) is 3.14. The predicted octanol–water partition coefficient (Wildman–Crippen LogP) is 9.90. The van der Waals surface area contributed by atoms with Crippen molar-refractivity contribution in [3.05, 3.63) is 123 Å². The van der Waals surface area contributed by atoms with Crippen LogP contribution in [0.15, 0.2) is 90.6 Å². The quantitative estimate of drug-likeness (QED) is 0.243. The Bertz CT molecular complexity index is 1720. The van der Waals surface area contributed by atoms with E-state index >= 15 is 0 Å². The largest absolute Gasteiger partial charge is 0.140 e. The van der Waals surface area contributed by atoms with Crippen molar-refractivity contribution in [2.24, 2.45) is 11.8 Å². The van der Waals surface area contributed by atoms with Gasteiger partial charge in [0, 0.05) is 21.6 Å². The molecule has 0 saturated carbocycles. The van der Waals surface area contributed by atoms with Crippen LogP contribution in [0, 0.1) is 11.8 Å². The van der Waals surface area contributed by atoms with E-state index in [1.54, 1.807) is 16.0 Å². The Balaban J connectivity index is 1.17. The number of hydrogen-bond donors (Lipinski definition) is 0. The molecule has 37 heavy (non-hydrogen) atoms. The molecule has 8 rings (SSSR count). The van der Waals surface area contributed by atoms with Gasteiger partial charge in [0.15, 0.2) is 0 Å². The van der Waals surface area contributed by atoms with Crippen molar-refractivity contribution in [3.63, 3.8) is 0 Å². The molecule has 0 radical (unpaired) electrons. The van der Waals surface area contributed by atoms with E-state index in [1.165, 1.54) is 62.4 Å². The van der Waals surface area contributed by atoms with Gasteiger partial charge in [-0.05, 0) is 93.5 Å². The second-order valence-corrected chi connectivity index (χ2v) is 12.1. The smallest absolute Gasteiger partial charge is 0.0308 e. The SMILES string of the molecule is C1=Cc2sc3c(c2CC1)C=CCC3C1C=C(C2C=Cc3c(c4ccccc4c4ccccc34)C2)C=CC1. The number of allylic oxidation sites excluding steroid dienone is 7. The molecule has 0 saturated heterocycles. The van der Waals surface area contributed by atoms with Gasteiger partial charge >= 0.3 is 0 Å². The van der Waals surface area contributed by atoms with Gasteiger partial charge in [-0.25, -0.2) is 0 Å². The third-order valence-corrected chi connectivity index (χ3v) is 10.4. The highest BCUT2D eigenvalue weighted by molar-refractivity contribution is 7.13. The molecule has 4 aliphatic rings. The molecular weight excluding hydrogens is 464 g/mol. The van der Waals surface area contributed by atoms with Gasteiger partial charge < -0.3 is 0 Å². The minimum atomic E-state index is 0.439. The highest BCUT2D eigenvalue weighted by Gasteiger charge is 2.31. The average Bonchev–Trinajstić information content (AvgIpc) is 3.36. The van der Waals surface area contributed by atoms with Crippen LogP contribution < -0.4 is 0 Å². The molecule has 0 nitrogen and oxygen atoms in total. The van der Waals surface area contributed by atoms with E-state index < -0.39 is 0 Å². The summed E-state index contributed by atoms with van der Waals surface area (Å²) in [6.45, 7) is 0. The summed E-state index contributed by atoms with van der Waals surface area (Å²) < 4.78 is 0. The van der Waals surface area contributed by atoms with Crippen LogP contribution >= 0.6 is 11.3 Å². The molecule has 1 heterocycles. The van der Waals surface area contributed by atoms with E-state index in [9.17, 15) is 0 Å². The molecule has 180 valence electrons.